The van der Waals surface area contributed by atoms with Gasteiger partial charge in [0.25, 0.3) is 0 Å². The van der Waals surface area contributed by atoms with E-state index < -0.39 is 0 Å². The quantitative estimate of drug-likeness (QED) is 0.594. The van der Waals surface area contributed by atoms with Gasteiger partial charge in [-0.05, 0) is 78.5 Å². The van der Waals surface area contributed by atoms with Crippen LogP contribution in [0.2, 0.25) is 0 Å². The van der Waals surface area contributed by atoms with Crippen LogP contribution in [0.1, 0.15) is 49.7 Å². The Morgan fingerprint density at radius 1 is 1.23 bits per heavy atom. The van der Waals surface area contributed by atoms with Gasteiger partial charge in [0.15, 0.2) is 0 Å². The molecule has 3 nitrogen and oxygen atoms in total. The zero-order chi connectivity index (χ0) is 18.2. The summed E-state index contributed by atoms with van der Waals surface area (Å²) < 4.78 is 6.11. The van der Waals surface area contributed by atoms with Crippen molar-refractivity contribution in [3.05, 3.63) is 52.2 Å². The highest BCUT2D eigenvalue weighted by molar-refractivity contribution is 7.07. The lowest BCUT2D eigenvalue weighted by Crippen LogP contribution is -2.42. The SMILES string of the molecule is CCCCCN1CC[C@@H](c2ccsc2)[C@H](COc2ccc(C#N)cc2)C1. The molecule has 0 saturated carbocycles. The Bertz CT molecular complexity index is 690. The Morgan fingerprint density at radius 3 is 2.77 bits per heavy atom. The Balaban J connectivity index is 1.62. The molecule has 3 rings (SSSR count). The maximum absolute atomic E-state index is 8.93. The Morgan fingerprint density at radius 2 is 2.08 bits per heavy atom. The van der Waals surface area contributed by atoms with Crippen molar-refractivity contribution in [1.82, 2.24) is 4.90 Å². The lowest BCUT2D eigenvalue weighted by atomic mass is 9.82. The summed E-state index contributed by atoms with van der Waals surface area (Å²) >= 11 is 1.79. The second kappa shape index (κ2) is 9.75. The molecule has 138 valence electrons. The summed E-state index contributed by atoms with van der Waals surface area (Å²) in [7, 11) is 0. The van der Waals surface area contributed by atoms with Crippen molar-refractivity contribution in [3.8, 4) is 11.8 Å². The lowest BCUT2D eigenvalue weighted by molar-refractivity contribution is 0.110. The van der Waals surface area contributed by atoms with Gasteiger partial charge in [0.1, 0.15) is 5.75 Å². The van der Waals surface area contributed by atoms with E-state index in [9.17, 15) is 0 Å². The molecule has 1 fully saturated rings. The van der Waals surface area contributed by atoms with E-state index >= 15 is 0 Å². The maximum Gasteiger partial charge on any atom is 0.119 e. The number of benzene rings is 1. The van der Waals surface area contributed by atoms with E-state index in [4.69, 9.17) is 10.00 Å². The van der Waals surface area contributed by atoms with E-state index in [0.717, 1.165) is 18.9 Å². The number of ether oxygens (including phenoxy) is 1. The average molecular weight is 369 g/mol. The molecule has 1 saturated heterocycles. The molecule has 2 aromatic rings. The van der Waals surface area contributed by atoms with Gasteiger partial charge < -0.3 is 9.64 Å². The minimum atomic E-state index is 0.510. The Labute approximate surface area is 161 Å². The summed E-state index contributed by atoms with van der Waals surface area (Å²) in [5, 5.41) is 13.4. The van der Waals surface area contributed by atoms with Crippen LogP contribution in [0, 0.1) is 17.2 Å². The minimum absolute atomic E-state index is 0.510. The van der Waals surface area contributed by atoms with E-state index in [0.29, 0.717) is 17.4 Å². The second-order valence-electron chi connectivity index (χ2n) is 7.17. The number of likely N-dealkylation sites (tertiary alicyclic amines) is 1. The fraction of sp³-hybridized carbons (Fsp3) is 0.500. The summed E-state index contributed by atoms with van der Waals surface area (Å²) in [6, 6.07) is 11.9. The molecule has 1 aliphatic rings. The van der Waals surface area contributed by atoms with Crippen molar-refractivity contribution in [3.63, 3.8) is 0 Å². The Hall–Kier alpha value is -1.83. The molecule has 2 atom stereocenters. The molecule has 0 aliphatic carbocycles. The van der Waals surface area contributed by atoms with Gasteiger partial charge >= 0.3 is 0 Å². The van der Waals surface area contributed by atoms with Crippen molar-refractivity contribution >= 4 is 11.3 Å². The van der Waals surface area contributed by atoms with Gasteiger partial charge in [0, 0.05) is 12.5 Å². The first-order valence-electron chi connectivity index (χ1n) is 9.67. The zero-order valence-electron chi connectivity index (χ0n) is 15.6. The molecule has 1 aromatic heterocycles. The van der Waals surface area contributed by atoms with Crippen LogP contribution in [0.4, 0.5) is 0 Å². The van der Waals surface area contributed by atoms with Crippen LogP contribution in [0.25, 0.3) is 0 Å². The third kappa shape index (κ3) is 5.09. The highest BCUT2D eigenvalue weighted by Gasteiger charge is 2.31. The highest BCUT2D eigenvalue weighted by atomic mass is 32.1. The summed E-state index contributed by atoms with van der Waals surface area (Å²) in [4.78, 5) is 2.62. The molecule has 0 N–H and O–H groups in total. The molecule has 1 aromatic carbocycles. The lowest BCUT2D eigenvalue weighted by Gasteiger charge is -2.38. The molecule has 4 heteroatoms. The van der Waals surface area contributed by atoms with E-state index in [-0.39, 0.29) is 0 Å². The van der Waals surface area contributed by atoms with Gasteiger partial charge in [-0.3, -0.25) is 0 Å². The van der Waals surface area contributed by atoms with E-state index in [2.05, 4.69) is 34.7 Å². The highest BCUT2D eigenvalue weighted by Crippen LogP contribution is 2.34. The maximum atomic E-state index is 8.93. The molecule has 0 unspecified atom stereocenters. The molecule has 0 bridgehead atoms. The van der Waals surface area contributed by atoms with E-state index in [1.165, 1.54) is 44.3 Å². The summed E-state index contributed by atoms with van der Waals surface area (Å²) in [6.45, 7) is 6.50. The molecule has 2 heterocycles. The van der Waals surface area contributed by atoms with Crippen molar-refractivity contribution in [2.75, 3.05) is 26.2 Å². The van der Waals surface area contributed by atoms with Crippen LogP contribution in [0.3, 0.4) is 0 Å². The first-order valence-corrected chi connectivity index (χ1v) is 10.6. The van der Waals surface area contributed by atoms with Gasteiger partial charge in [0.2, 0.25) is 0 Å². The molecule has 0 spiro atoms. The number of rotatable bonds is 8. The predicted molar refractivity (Wildman–Crippen MR) is 108 cm³/mol. The van der Waals surface area contributed by atoms with Crippen molar-refractivity contribution < 1.29 is 4.74 Å². The summed E-state index contributed by atoms with van der Waals surface area (Å²) in [5.74, 6) is 1.95. The summed E-state index contributed by atoms with van der Waals surface area (Å²) in [6.07, 6.45) is 5.10. The molecule has 26 heavy (non-hydrogen) atoms. The monoisotopic (exact) mass is 368 g/mol. The number of piperidine rings is 1. The second-order valence-corrected chi connectivity index (χ2v) is 7.95. The van der Waals surface area contributed by atoms with Crippen molar-refractivity contribution in [2.24, 2.45) is 5.92 Å². The molecular formula is C22H28N2OS. The minimum Gasteiger partial charge on any atom is -0.493 e. The number of nitrogens with zero attached hydrogens (tertiary/aromatic N) is 2. The number of thiophene rings is 1. The largest absolute Gasteiger partial charge is 0.493 e. The number of hydrogen-bond acceptors (Lipinski definition) is 4. The van der Waals surface area contributed by atoms with Gasteiger partial charge in [-0.15, -0.1) is 0 Å². The third-order valence-electron chi connectivity index (χ3n) is 5.31. The third-order valence-corrected chi connectivity index (χ3v) is 6.02. The number of hydrogen-bond donors (Lipinski definition) is 0. The van der Waals surface area contributed by atoms with Crippen LogP contribution < -0.4 is 4.74 Å². The van der Waals surface area contributed by atoms with Gasteiger partial charge in [0.05, 0.1) is 18.2 Å². The predicted octanol–water partition coefficient (Wildman–Crippen LogP) is 5.29. The smallest absolute Gasteiger partial charge is 0.119 e. The van der Waals surface area contributed by atoms with Crippen LogP contribution in [0.15, 0.2) is 41.1 Å². The molecule has 1 aliphatic heterocycles. The van der Waals surface area contributed by atoms with Crippen LogP contribution in [0.5, 0.6) is 5.75 Å². The van der Waals surface area contributed by atoms with Gasteiger partial charge in [-0.1, -0.05) is 19.8 Å². The van der Waals surface area contributed by atoms with Crippen molar-refractivity contribution in [1.29, 1.82) is 5.26 Å². The Kier molecular flexibility index (Phi) is 7.11. The first-order chi connectivity index (χ1) is 12.8. The normalized spacial score (nSPS) is 20.6. The summed E-state index contributed by atoms with van der Waals surface area (Å²) in [5.41, 5.74) is 2.14. The molecule has 0 radical (unpaired) electrons. The zero-order valence-corrected chi connectivity index (χ0v) is 16.4. The van der Waals surface area contributed by atoms with Crippen LogP contribution in [-0.2, 0) is 0 Å². The number of nitriles is 1. The fourth-order valence-electron chi connectivity index (χ4n) is 3.82. The van der Waals surface area contributed by atoms with E-state index in [1.54, 1.807) is 11.3 Å². The standard InChI is InChI=1S/C22H28N2OS/c1-2-3-4-11-24-12-9-22(19-10-13-26-17-19)20(15-24)16-25-21-7-5-18(14-23)6-8-21/h5-8,10,13,17,20,22H,2-4,9,11-12,15-16H2,1H3/t20-,22-/m0/s1. The average Bonchev–Trinajstić information content (AvgIpc) is 3.21. The van der Waals surface area contributed by atoms with Gasteiger partial charge in [-0.2, -0.15) is 16.6 Å². The number of unbranched alkanes of at least 4 members (excludes halogenated alkanes) is 2. The van der Waals surface area contributed by atoms with Crippen LogP contribution in [-0.4, -0.2) is 31.1 Å². The molecule has 0 amide bonds. The van der Waals surface area contributed by atoms with E-state index in [1.807, 2.05) is 24.3 Å². The first kappa shape index (κ1) is 18.9. The molecular weight excluding hydrogens is 340 g/mol. The van der Waals surface area contributed by atoms with Crippen LogP contribution >= 0.6 is 11.3 Å². The van der Waals surface area contributed by atoms with Crippen molar-refractivity contribution in [2.45, 2.75) is 38.5 Å². The fourth-order valence-corrected chi connectivity index (χ4v) is 4.54. The van der Waals surface area contributed by atoms with Gasteiger partial charge in [-0.25, -0.2) is 0 Å². The topological polar surface area (TPSA) is 36.3 Å².